The van der Waals surface area contributed by atoms with Crippen molar-refractivity contribution in [2.75, 3.05) is 18.2 Å². The highest BCUT2D eigenvalue weighted by atomic mass is 35.5. The largest absolute Gasteiger partial charge is 0.495 e. The standard InChI is InChI=1S/C23H24Cl2N4O2S2/c1-4-9-29-21(13-32-12-16-6-7-17(24)18(25)11-16)27-28-23(29)33-14-22(30)26-19-10-15(2)5-8-20(19)31-3/h4-8,10-11H,1,9,12-14H2,2-3H3,(H,26,30). The molecule has 0 aliphatic carbocycles. The van der Waals surface area contributed by atoms with Crippen LogP contribution >= 0.6 is 46.7 Å². The zero-order valence-corrected chi connectivity index (χ0v) is 21.5. The molecule has 0 radical (unpaired) electrons. The van der Waals surface area contributed by atoms with Gasteiger partial charge in [-0.2, -0.15) is 0 Å². The molecule has 0 aliphatic heterocycles. The van der Waals surface area contributed by atoms with E-state index in [1.807, 2.05) is 41.8 Å². The van der Waals surface area contributed by atoms with Crippen LogP contribution in [0.25, 0.3) is 0 Å². The summed E-state index contributed by atoms with van der Waals surface area (Å²) in [6.45, 7) is 6.35. The van der Waals surface area contributed by atoms with E-state index in [1.165, 1.54) is 11.8 Å². The van der Waals surface area contributed by atoms with Crippen LogP contribution < -0.4 is 10.1 Å². The predicted octanol–water partition coefficient (Wildman–Crippen LogP) is 6.25. The molecule has 0 spiro atoms. The molecule has 0 unspecified atom stereocenters. The molecule has 2 aromatic carbocycles. The van der Waals surface area contributed by atoms with Gasteiger partial charge in [-0.05, 0) is 42.3 Å². The second-order valence-corrected chi connectivity index (χ2v) is 9.82. The summed E-state index contributed by atoms with van der Waals surface area (Å²) in [4.78, 5) is 12.5. The predicted molar refractivity (Wildman–Crippen MR) is 139 cm³/mol. The van der Waals surface area contributed by atoms with Crippen molar-refractivity contribution in [3.05, 3.63) is 76.0 Å². The Morgan fingerprint density at radius 2 is 2.00 bits per heavy atom. The topological polar surface area (TPSA) is 69.0 Å². The quantitative estimate of drug-likeness (QED) is 0.237. The van der Waals surface area contributed by atoms with E-state index in [1.54, 1.807) is 31.0 Å². The first-order valence-corrected chi connectivity index (χ1v) is 12.9. The van der Waals surface area contributed by atoms with Gasteiger partial charge in [0.1, 0.15) is 11.6 Å². The molecule has 3 aromatic rings. The molecule has 0 saturated carbocycles. The number of thioether (sulfide) groups is 2. The Balaban J connectivity index is 1.59. The fraction of sp³-hybridized carbons (Fsp3) is 0.261. The number of carbonyl (C=O) groups excluding carboxylic acids is 1. The second kappa shape index (κ2) is 12.4. The summed E-state index contributed by atoms with van der Waals surface area (Å²) in [5, 5.41) is 13.3. The van der Waals surface area contributed by atoms with Gasteiger partial charge in [0, 0.05) is 12.3 Å². The monoisotopic (exact) mass is 522 g/mol. The Labute approximate surface area is 212 Å². The van der Waals surface area contributed by atoms with E-state index in [4.69, 9.17) is 27.9 Å². The van der Waals surface area contributed by atoms with Crippen molar-refractivity contribution in [2.45, 2.75) is 30.1 Å². The minimum Gasteiger partial charge on any atom is -0.495 e. The summed E-state index contributed by atoms with van der Waals surface area (Å²) < 4.78 is 7.30. The highest BCUT2D eigenvalue weighted by molar-refractivity contribution is 7.99. The number of aromatic nitrogens is 3. The van der Waals surface area contributed by atoms with Crippen LogP contribution in [-0.4, -0.2) is 33.5 Å². The van der Waals surface area contributed by atoms with Gasteiger partial charge in [-0.25, -0.2) is 0 Å². The van der Waals surface area contributed by atoms with Gasteiger partial charge in [-0.3, -0.25) is 4.79 Å². The van der Waals surface area contributed by atoms with Crippen molar-refractivity contribution >= 4 is 58.3 Å². The van der Waals surface area contributed by atoms with E-state index < -0.39 is 0 Å². The molecule has 174 valence electrons. The van der Waals surface area contributed by atoms with Gasteiger partial charge >= 0.3 is 0 Å². The number of rotatable bonds is 11. The summed E-state index contributed by atoms with van der Waals surface area (Å²) in [6, 6.07) is 11.3. The number of halogens is 2. The number of hydrogen-bond acceptors (Lipinski definition) is 6. The van der Waals surface area contributed by atoms with Crippen molar-refractivity contribution < 1.29 is 9.53 Å². The minimum atomic E-state index is -0.146. The van der Waals surface area contributed by atoms with Crippen LogP contribution in [0.4, 0.5) is 5.69 Å². The zero-order chi connectivity index (χ0) is 23.8. The van der Waals surface area contributed by atoms with Crippen molar-refractivity contribution in [2.24, 2.45) is 0 Å². The van der Waals surface area contributed by atoms with Crippen molar-refractivity contribution in [3.8, 4) is 5.75 Å². The number of allylic oxidation sites excluding steroid dienone is 1. The van der Waals surface area contributed by atoms with E-state index in [2.05, 4.69) is 22.1 Å². The summed E-state index contributed by atoms with van der Waals surface area (Å²) in [5.74, 6) is 2.92. The highest BCUT2D eigenvalue weighted by Gasteiger charge is 2.15. The van der Waals surface area contributed by atoms with Crippen molar-refractivity contribution in [3.63, 3.8) is 0 Å². The molecule has 3 rings (SSSR count). The number of nitrogens with one attached hydrogen (secondary N) is 1. The van der Waals surface area contributed by atoms with Crippen LogP contribution in [0.2, 0.25) is 10.0 Å². The molecular formula is C23H24Cl2N4O2S2. The van der Waals surface area contributed by atoms with Crippen molar-refractivity contribution in [1.82, 2.24) is 14.8 Å². The van der Waals surface area contributed by atoms with Gasteiger partial charge in [0.25, 0.3) is 0 Å². The molecule has 1 aromatic heterocycles. The summed E-state index contributed by atoms with van der Waals surface area (Å²) >= 11 is 15.1. The molecule has 0 bridgehead atoms. The Kier molecular flexibility index (Phi) is 9.55. The van der Waals surface area contributed by atoms with Crippen molar-refractivity contribution in [1.29, 1.82) is 0 Å². The second-order valence-electron chi connectivity index (χ2n) is 7.08. The number of amides is 1. The van der Waals surface area contributed by atoms with Crippen LogP contribution in [0.5, 0.6) is 5.75 Å². The van der Waals surface area contributed by atoms with E-state index >= 15 is 0 Å². The summed E-state index contributed by atoms with van der Waals surface area (Å²) in [6.07, 6.45) is 1.79. The minimum absolute atomic E-state index is 0.146. The molecule has 0 saturated heterocycles. The average Bonchev–Trinajstić information content (AvgIpc) is 3.17. The number of methoxy groups -OCH3 is 1. The molecule has 10 heteroatoms. The third-order valence-electron chi connectivity index (χ3n) is 4.55. The molecule has 6 nitrogen and oxygen atoms in total. The van der Waals surface area contributed by atoms with Crippen LogP contribution in [0, 0.1) is 6.92 Å². The summed E-state index contributed by atoms with van der Waals surface area (Å²) in [7, 11) is 1.58. The van der Waals surface area contributed by atoms with Gasteiger partial charge in [-0.1, -0.05) is 53.2 Å². The molecule has 0 atom stereocenters. The maximum Gasteiger partial charge on any atom is 0.234 e. The van der Waals surface area contributed by atoms with Gasteiger partial charge in [-0.15, -0.1) is 28.5 Å². The number of benzene rings is 2. The first kappa shape index (κ1) is 25.5. The molecule has 0 aliphatic rings. The maximum atomic E-state index is 12.5. The number of nitrogens with zero attached hydrogens (tertiary/aromatic N) is 3. The van der Waals surface area contributed by atoms with Crippen LogP contribution in [0.15, 0.2) is 54.2 Å². The lowest BCUT2D eigenvalue weighted by Gasteiger charge is -2.11. The number of ether oxygens (including phenoxy) is 1. The first-order valence-electron chi connectivity index (χ1n) is 10.0. The molecule has 1 amide bonds. The lowest BCUT2D eigenvalue weighted by Crippen LogP contribution is -2.15. The van der Waals surface area contributed by atoms with E-state index in [0.717, 1.165) is 22.7 Å². The SMILES string of the molecule is C=CCn1c(CSCc2ccc(Cl)c(Cl)c2)nnc1SCC(=O)Nc1cc(C)ccc1OC. The van der Waals surface area contributed by atoms with Crippen LogP contribution in [-0.2, 0) is 22.8 Å². The third-order valence-corrected chi connectivity index (χ3v) is 7.26. The van der Waals surface area contributed by atoms with E-state index in [-0.39, 0.29) is 11.7 Å². The number of carbonyl (C=O) groups is 1. The Morgan fingerprint density at radius 3 is 2.73 bits per heavy atom. The summed E-state index contributed by atoms with van der Waals surface area (Å²) in [5.41, 5.74) is 2.77. The average molecular weight is 524 g/mol. The van der Waals surface area contributed by atoms with E-state index in [9.17, 15) is 4.79 Å². The van der Waals surface area contributed by atoms with Gasteiger partial charge < -0.3 is 14.6 Å². The third kappa shape index (κ3) is 7.17. The Morgan fingerprint density at radius 1 is 1.18 bits per heavy atom. The van der Waals surface area contributed by atoms with Gasteiger partial charge in [0.2, 0.25) is 5.91 Å². The maximum absolute atomic E-state index is 12.5. The molecule has 1 heterocycles. The number of hydrogen-bond donors (Lipinski definition) is 1. The Bertz CT molecular complexity index is 1140. The number of aryl methyl sites for hydroxylation is 1. The molecule has 33 heavy (non-hydrogen) atoms. The van der Waals surface area contributed by atoms with E-state index in [0.29, 0.717) is 38.9 Å². The molecule has 1 N–H and O–H groups in total. The number of anilines is 1. The molecule has 0 fully saturated rings. The smallest absolute Gasteiger partial charge is 0.234 e. The highest BCUT2D eigenvalue weighted by Crippen LogP contribution is 2.28. The Hall–Kier alpha value is -2.13. The fourth-order valence-corrected chi connectivity index (χ4v) is 4.97. The normalized spacial score (nSPS) is 10.8. The van der Waals surface area contributed by atoms with Crippen LogP contribution in [0.3, 0.4) is 0 Å². The zero-order valence-electron chi connectivity index (χ0n) is 18.3. The lowest BCUT2D eigenvalue weighted by atomic mass is 10.2. The van der Waals surface area contributed by atoms with Gasteiger partial charge in [0.05, 0.1) is 34.3 Å². The first-order chi connectivity index (χ1) is 15.9. The van der Waals surface area contributed by atoms with Crippen LogP contribution in [0.1, 0.15) is 17.0 Å². The fourth-order valence-electron chi connectivity index (χ4n) is 2.97. The molecular weight excluding hydrogens is 499 g/mol. The lowest BCUT2D eigenvalue weighted by molar-refractivity contribution is -0.113. The van der Waals surface area contributed by atoms with Gasteiger partial charge in [0.15, 0.2) is 5.16 Å².